The predicted octanol–water partition coefficient (Wildman–Crippen LogP) is 17.6. The smallest absolute Gasteiger partial charge is 0.0664 e. The molecule has 2 atom stereocenters. The fraction of sp³-hybridized carbons (Fsp3) is 0.206. The van der Waals surface area contributed by atoms with Gasteiger partial charge in [0.05, 0.1) is 17.4 Å². The molecule has 2 nitrogen and oxygen atoms in total. The number of allylic oxidation sites excluding steroid dienone is 2. The zero-order valence-corrected chi connectivity index (χ0v) is 38.2. The summed E-state index contributed by atoms with van der Waals surface area (Å²) in [6.45, 7) is 9.36. The van der Waals surface area contributed by atoms with Gasteiger partial charge in [-0.2, -0.15) is 0 Å². The molecule has 1 saturated carbocycles. The average molecular weight is 843 g/mol. The predicted molar refractivity (Wildman–Crippen MR) is 278 cm³/mol. The highest BCUT2D eigenvalue weighted by Crippen LogP contribution is 2.53. The number of hydrogen-bond donors (Lipinski definition) is 0. The molecule has 1 aliphatic heterocycles. The van der Waals surface area contributed by atoms with E-state index in [1.54, 1.807) is 0 Å². The molecule has 11 rings (SSSR count). The Morgan fingerprint density at radius 3 is 1.89 bits per heavy atom. The van der Waals surface area contributed by atoms with Crippen LogP contribution in [0.2, 0.25) is 0 Å². The van der Waals surface area contributed by atoms with Crippen LogP contribution in [0.3, 0.4) is 0 Å². The molecule has 0 saturated heterocycles. The van der Waals surface area contributed by atoms with E-state index in [-0.39, 0.29) is 17.4 Å². The lowest BCUT2D eigenvalue weighted by atomic mass is 9.80. The van der Waals surface area contributed by atoms with Crippen LogP contribution < -0.4 is 9.80 Å². The first-order valence-corrected chi connectivity index (χ1v) is 23.9. The number of para-hydroxylation sites is 3. The normalized spacial score (nSPS) is 17.3. The molecule has 0 radical (unpaired) electrons. The Balaban J connectivity index is 1.07. The minimum atomic E-state index is -0.0135. The molecule has 2 aliphatic carbocycles. The SMILES string of the molecule is CC1C(c2ccc(N(c3ccc(C(C)(C)C)cc3-c3ccccc3)c3ccccc3-c3cccc4cccc(C5CCCCC5)c34)cc2)=CC=C2c3ccccc3N(c3ccccc3)C21. The molecular weight excluding hydrogens is 785 g/mol. The Kier molecular flexibility index (Phi) is 10.6. The van der Waals surface area contributed by atoms with E-state index in [9.17, 15) is 0 Å². The molecule has 1 fully saturated rings. The van der Waals surface area contributed by atoms with Gasteiger partial charge in [0, 0.05) is 39.7 Å². The van der Waals surface area contributed by atoms with Crippen molar-refractivity contribution in [2.75, 3.05) is 9.80 Å². The van der Waals surface area contributed by atoms with Gasteiger partial charge in [-0.15, -0.1) is 0 Å². The van der Waals surface area contributed by atoms with E-state index in [1.165, 1.54) is 116 Å². The van der Waals surface area contributed by atoms with Crippen molar-refractivity contribution in [3.05, 3.63) is 222 Å². The summed E-state index contributed by atoms with van der Waals surface area (Å²) in [5.74, 6) is 0.837. The number of benzene rings is 8. The molecule has 0 spiro atoms. The number of anilines is 5. The summed E-state index contributed by atoms with van der Waals surface area (Å²) in [6.07, 6.45) is 11.3. The molecular formula is C63H58N2. The van der Waals surface area contributed by atoms with Gasteiger partial charge < -0.3 is 9.80 Å². The summed E-state index contributed by atoms with van der Waals surface area (Å²) < 4.78 is 0. The van der Waals surface area contributed by atoms with Crippen LogP contribution >= 0.6 is 0 Å². The summed E-state index contributed by atoms with van der Waals surface area (Å²) in [5, 5.41) is 2.72. The minimum Gasteiger partial charge on any atom is -0.333 e. The third-order valence-electron chi connectivity index (χ3n) is 14.6. The lowest BCUT2D eigenvalue weighted by molar-refractivity contribution is 0.445. The van der Waals surface area contributed by atoms with E-state index < -0.39 is 0 Å². The Hall–Kier alpha value is -6.90. The van der Waals surface area contributed by atoms with Crippen LogP contribution in [0.15, 0.2) is 200 Å². The van der Waals surface area contributed by atoms with Crippen molar-refractivity contribution in [1.29, 1.82) is 0 Å². The highest BCUT2D eigenvalue weighted by atomic mass is 15.2. The average Bonchev–Trinajstić information content (AvgIpc) is 3.70. The lowest BCUT2D eigenvalue weighted by Crippen LogP contribution is -2.34. The Bertz CT molecular complexity index is 3070. The molecule has 0 aromatic heterocycles. The lowest BCUT2D eigenvalue weighted by Gasteiger charge is -2.36. The van der Waals surface area contributed by atoms with E-state index in [1.807, 2.05) is 0 Å². The molecule has 1 heterocycles. The first kappa shape index (κ1) is 40.8. The van der Waals surface area contributed by atoms with Crippen molar-refractivity contribution in [1.82, 2.24) is 0 Å². The summed E-state index contributed by atoms with van der Waals surface area (Å²) in [7, 11) is 0. The summed E-state index contributed by atoms with van der Waals surface area (Å²) >= 11 is 0. The molecule has 320 valence electrons. The molecule has 3 aliphatic rings. The molecule has 0 bridgehead atoms. The van der Waals surface area contributed by atoms with E-state index in [0.717, 1.165) is 11.4 Å². The number of hydrogen-bond acceptors (Lipinski definition) is 2. The van der Waals surface area contributed by atoms with Crippen LogP contribution in [0.5, 0.6) is 0 Å². The van der Waals surface area contributed by atoms with Crippen molar-refractivity contribution in [2.45, 2.75) is 77.2 Å². The zero-order valence-electron chi connectivity index (χ0n) is 38.2. The van der Waals surface area contributed by atoms with E-state index in [4.69, 9.17) is 0 Å². The fourth-order valence-electron chi connectivity index (χ4n) is 11.3. The van der Waals surface area contributed by atoms with Gasteiger partial charge in [0.15, 0.2) is 0 Å². The molecule has 2 heteroatoms. The molecule has 8 aromatic rings. The standard InChI is InChI=1S/C63H58N2/c1-43-51(39-40-56-54-29-15-17-33-59(54)65(62(43)56)49-26-12-7-13-27-49)46-34-37-50(38-35-46)64(60-41-36-48(63(2,3)4)42-57(60)45-22-10-6-11-23-45)58-32-16-14-28-53(58)55-31-19-25-47-24-18-30-52(61(47)55)44-20-8-5-9-21-44/h6-7,10-19,22-44,62H,5,8-9,20-21H2,1-4H3. The fourth-order valence-corrected chi connectivity index (χ4v) is 11.3. The maximum Gasteiger partial charge on any atom is 0.0664 e. The van der Waals surface area contributed by atoms with E-state index in [2.05, 4.69) is 238 Å². The highest BCUT2D eigenvalue weighted by molar-refractivity contribution is 6.04. The van der Waals surface area contributed by atoms with Crippen LogP contribution in [-0.2, 0) is 5.41 Å². The summed E-state index contributed by atoms with van der Waals surface area (Å²) in [4.78, 5) is 5.10. The third-order valence-corrected chi connectivity index (χ3v) is 14.6. The van der Waals surface area contributed by atoms with Crippen molar-refractivity contribution >= 4 is 50.4 Å². The molecule has 0 amide bonds. The van der Waals surface area contributed by atoms with Crippen molar-refractivity contribution < 1.29 is 0 Å². The second kappa shape index (κ2) is 16.9. The van der Waals surface area contributed by atoms with Gasteiger partial charge >= 0.3 is 0 Å². The monoisotopic (exact) mass is 842 g/mol. The Morgan fingerprint density at radius 2 is 1.14 bits per heavy atom. The second-order valence-electron chi connectivity index (χ2n) is 19.5. The van der Waals surface area contributed by atoms with E-state index in [0.29, 0.717) is 5.92 Å². The van der Waals surface area contributed by atoms with Crippen LogP contribution in [0.4, 0.5) is 28.4 Å². The second-order valence-corrected chi connectivity index (χ2v) is 19.5. The van der Waals surface area contributed by atoms with Crippen LogP contribution in [0.1, 0.15) is 88.0 Å². The van der Waals surface area contributed by atoms with Gasteiger partial charge in [0.25, 0.3) is 0 Å². The van der Waals surface area contributed by atoms with Gasteiger partial charge in [-0.05, 0) is 122 Å². The first-order chi connectivity index (χ1) is 31.8. The van der Waals surface area contributed by atoms with Crippen LogP contribution in [-0.4, -0.2) is 6.04 Å². The Labute approximate surface area is 386 Å². The van der Waals surface area contributed by atoms with Gasteiger partial charge in [-0.3, -0.25) is 0 Å². The van der Waals surface area contributed by atoms with Gasteiger partial charge in [0.2, 0.25) is 0 Å². The number of rotatable bonds is 8. The first-order valence-electron chi connectivity index (χ1n) is 23.9. The van der Waals surface area contributed by atoms with E-state index >= 15 is 0 Å². The highest BCUT2D eigenvalue weighted by Gasteiger charge is 2.41. The topological polar surface area (TPSA) is 6.48 Å². The van der Waals surface area contributed by atoms with Gasteiger partial charge in [-0.25, -0.2) is 0 Å². The van der Waals surface area contributed by atoms with Crippen molar-refractivity contribution in [3.63, 3.8) is 0 Å². The van der Waals surface area contributed by atoms with Gasteiger partial charge in [0.1, 0.15) is 0 Å². The zero-order chi connectivity index (χ0) is 44.1. The summed E-state index contributed by atoms with van der Waals surface area (Å²) in [6, 6.07) is 70.7. The maximum absolute atomic E-state index is 2.56. The van der Waals surface area contributed by atoms with Crippen LogP contribution in [0.25, 0.3) is 44.2 Å². The third kappa shape index (κ3) is 7.40. The molecule has 65 heavy (non-hydrogen) atoms. The van der Waals surface area contributed by atoms with Gasteiger partial charge in [-0.1, -0.05) is 199 Å². The minimum absolute atomic E-state index is 0.0135. The number of fused-ring (bicyclic) bond motifs is 4. The molecule has 2 unspecified atom stereocenters. The summed E-state index contributed by atoms with van der Waals surface area (Å²) in [5.41, 5.74) is 19.1. The molecule has 0 N–H and O–H groups in total. The quantitative estimate of drug-likeness (QED) is 0.150. The van der Waals surface area contributed by atoms with Crippen LogP contribution in [0, 0.1) is 5.92 Å². The molecule has 8 aromatic carbocycles. The Morgan fingerprint density at radius 1 is 0.508 bits per heavy atom. The number of nitrogens with zero attached hydrogens (tertiary/aromatic N) is 2. The maximum atomic E-state index is 2.56. The largest absolute Gasteiger partial charge is 0.333 e. The van der Waals surface area contributed by atoms with Crippen molar-refractivity contribution in [2.24, 2.45) is 5.92 Å². The van der Waals surface area contributed by atoms with Crippen molar-refractivity contribution in [3.8, 4) is 22.3 Å².